The van der Waals surface area contributed by atoms with Crippen LogP contribution in [0.15, 0.2) is 52.9 Å². The first kappa shape index (κ1) is 16.6. The van der Waals surface area contributed by atoms with Crippen LogP contribution in [-0.4, -0.2) is 16.0 Å². The summed E-state index contributed by atoms with van der Waals surface area (Å²) in [4.78, 5) is 12.2. The minimum absolute atomic E-state index is 0.0403. The van der Waals surface area contributed by atoms with Crippen LogP contribution in [0, 0.1) is 18.3 Å². The van der Waals surface area contributed by atoms with E-state index in [9.17, 15) is 4.79 Å². The van der Waals surface area contributed by atoms with E-state index >= 15 is 0 Å². The van der Waals surface area contributed by atoms with Gasteiger partial charge in [-0.2, -0.15) is 5.26 Å². The van der Waals surface area contributed by atoms with Gasteiger partial charge in [0, 0.05) is 6.42 Å². The number of rotatable bonds is 6. The molecule has 0 radical (unpaired) electrons. The number of Topliss-reactive ketones (excluding diaryl/α,β-unsaturated/α-hetero) is 1. The predicted octanol–water partition coefficient (Wildman–Crippen LogP) is 3.66. The molecule has 0 aliphatic rings. The quantitative estimate of drug-likeness (QED) is 0.644. The number of carbonyl (C=O) groups excluding carboxylic acids is 1. The van der Waals surface area contributed by atoms with Crippen molar-refractivity contribution in [2.24, 2.45) is 0 Å². The molecule has 0 amide bonds. The molecule has 5 heteroatoms. The maximum absolute atomic E-state index is 12.2. The fourth-order valence-corrected chi connectivity index (χ4v) is 2.48. The van der Waals surface area contributed by atoms with E-state index in [0.29, 0.717) is 30.7 Å². The molecule has 0 unspecified atom stereocenters. The number of hydrogen-bond donors (Lipinski definition) is 0. The monoisotopic (exact) mass is 331 g/mol. The van der Waals surface area contributed by atoms with E-state index in [0.717, 1.165) is 11.1 Å². The number of hydrogen-bond acceptors (Lipinski definition) is 5. The number of benzene rings is 2. The van der Waals surface area contributed by atoms with E-state index in [1.165, 1.54) is 5.56 Å². The normalized spacial score (nSPS) is 10.4. The molecule has 0 aliphatic heterocycles. The fraction of sp³-hybridized carbons (Fsp3) is 0.200. The summed E-state index contributed by atoms with van der Waals surface area (Å²) >= 11 is 0. The van der Waals surface area contributed by atoms with Gasteiger partial charge >= 0.3 is 0 Å². The first-order valence-corrected chi connectivity index (χ1v) is 8.04. The minimum atomic E-state index is -0.162. The molecule has 0 fully saturated rings. The number of aryl methyl sites for hydroxylation is 2. The summed E-state index contributed by atoms with van der Waals surface area (Å²) < 4.78 is 5.48. The van der Waals surface area contributed by atoms with E-state index in [2.05, 4.69) is 16.3 Å². The first-order valence-electron chi connectivity index (χ1n) is 8.04. The van der Waals surface area contributed by atoms with Crippen LogP contribution >= 0.6 is 0 Å². The lowest BCUT2D eigenvalue weighted by Crippen LogP contribution is -2.01. The number of aromatic nitrogens is 2. The number of ketones is 1. The molecule has 0 saturated heterocycles. The van der Waals surface area contributed by atoms with Gasteiger partial charge in [0.15, 0.2) is 0 Å². The third-order valence-corrected chi connectivity index (χ3v) is 3.88. The van der Waals surface area contributed by atoms with Crippen LogP contribution in [0.1, 0.15) is 45.3 Å². The van der Waals surface area contributed by atoms with Gasteiger partial charge in [0.1, 0.15) is 0 Å². The average Bonchev–Trinajstić information content (AvgIpc) is 3.09. The molecule has 0 atom stereocenters. The van der Waals surface area contributed by atoms with Gasteiger partial charge in [-0.1, -0.05) is 42.0 Å². The Kier molecular flexibility index (Phi) is 5.00. The van der Waals surface area contributed by atoms with Crippen LogP contribution in [0.3, 0.4) is 0 Å². The lowest BCUT2D eigenvalue weighted by Gasteiger charge is -2.00. The molecule has 0 N–H and O–H groups in total. The maximum Gasteiger partial charge on any atom is 0.284 e. The molecule has 5 nitrogen and oxygen atoms in total. The standard InChI is InChI=1S/C20H17N3O2/c1-14-5-7-15(8-6-14)9-10-18(24)20-23-22-19(25-20)12-16-3-2-4-17(11-16)13-21/h2-8,11H,9-10,12H2,1H3. The molecule has 2 aromatic carbocycles. The van der Waals surface area contributed by atoms with Crippen LogP contribution < -0.4 is 0 Å². The molecular weight excluding hydrogens is 314 g/mol. The molecule has 1 heterocycles. The molecule has 124 valence electrons. The molecule has 0 saturated carbocycles. The topological polar surface area (TPSA) is 79.8 Å². The maximum atomic E-state index is 12.2. The molecule has 3 aromatic rings. The van der Waals surface area contributed by atoms with Gasteiger partial charge < -0.3 is 4.42 Å². The van der Waals surface area contributed by atoms with Gasteiger partial charge in [0.05, 0.1) is 18.1 Å². The lowest BCUT2D eigenvalue weighted by atomic mass is 10.1. The van der Waals surface area contributed by atoms with Crippen LogP contribution in [0.5, 0.6) is 0 Å². The van der Waals surface area contributed by atoms with Crippen molar-refractivity contribution in [2.75, 3.05) is 0 Å². The summed E-state index contributed by atoms with van der Waals surface area (Å²) in [5.41, 5.74) is 3.76. The van der Waals surface area contributed by atoms with Gasteiger partial charge in [-0.3, -0.25) is 4.79 Å². The lowest BCUT2D eigenvalue weighted by molar-refractivity contribution is 0.0947. The van der Waals surface area contributed by atoms with E-state index in [-0.39, 0.29) is 11.7 Å². The van der Waals surface area contributed by atoms with E-state index < -0.39 is 0 Å². The van der Waals surface area contributed by atoms with Crippen molar-refractivity contribution in [2.45, 2.75) is 26.2 Å². The van der Waals surface area contributed by atoms with Crippen molar-refractivity contribution in [1.82, 2.24) is 10.2 Å². The molecule has 3 rings (SSSR count). The Morgan fingerprint density at radius 3 is 2.68 bits per heavy atom. The minimum Gasteiger partial charge on any atom is -0.418 e. The van der Waals surface area contributed by atoms with E-state index in [1.54, 1.807) is 18.2 Å². The first-order chi connectivity index (χ1) is 12.1. The van der Waals surface area contributed by atoms with Crippen molar-refractivity contribution in [3.8, 4) is 6.07 Å². The van der Waals surface area contributed by atoms with Crippen molar-refractivity contribution in [3.05, 3.63) is 82.6 Å². The van der Waals surface area contributed by atoms with Crippen molar-refractivity contribution < 1.29 is 9.21 Å². The molecule has 0 bridgehead atoms. The zero-order chi connectivity index (χ0) is 17.6. The van der Waals surface area contributed by atoms with Gasteiger partial charge in [-0.25, -0.2) is 0 Å². The molecule has 0 aliphatic carbocycles. The highest BCUT2D eigenvalue weighted by atomic mass is 16.4. The summed E-state index contributed by atoms with van der Waals surface area (Å²) in [5.74, 6) is 0.248. The van der Waals surface area contributed by atoms with E-state index in [4.69, 9.17) is 9.68 Å². The van der Waals surface area contributed by atoms with Crippen LogP contribution in [0.2, 0.25) is 0 Å². The third-order valence-electron chi connectivity index (χ3n) is 3.88. The fourth-order valence-electron chi connectivity index (χ4n) is 2.48. The number of nitrogens with zero attached hydrogens (tertiary/aromatic N) is 3. The molecule has 1 aromatic heterocycles. The van der Waals surface area contributed by atoms with Crippen LogP contribution in [0.4, 0.5) is 0 Å². The van der Waals surface area contributed by atoms with Crippen LogP contribution in [-0.2, 0) is 12.8 Å². The Bertz CT molecular complexity index is 921. The Hall–Kier alpha value is -3.26. The highest BCUT2D eigenvalue weighted by molar-refractivity contribution is 5.91. The second kappa shape index (κ2) is 7.54. The highest BCUT2D eigenvalue weighted by Crippen LogP contribution is 2.13. The summed E-state index contributed by atoms with van der Waals surface area (Å²) in [6.07, 6.45) is 1.36. The Morgan fingerprint density at radius 1 is 1.12 bits per heavy atom. The zero-order valence-corrected chi connectivity index (χ0v) is 13.9. The smallest absolute Gasteiger partial charge is 0.284 e. The third kappa shape index (κ3) is 4.39. The SMILES string of the molecule is Cc1ccc(CCC(=O)c2nnc(Cc3cccc(C#N)c3)o2)cc1. The average molecular weight is 331 g/mol. The van der Waals surface area contributed by atoms with Gasteiger partial charge in [-0.05, 0) is 36.6 Å². The Balaban J connectivity index is 1.61. The summed E-state index contributed by atoms with van der Waals surface area (Å²) in [7, 11) is 0. The van der Waals surface area contributed by atoms with E-state index in [1.807, 2.05) is 37.3 Å². The number of carbonyl (C=O) groups is 1. The Labute approximate surface area is 145 Å². The van der Waals surface area contributed by atoms with Gasteiger partial charge in [0.25, 0.3) is 5.89 Å². The summed E-state index contributed by atoms with van der Waals surface area (Å²) in [5, 5.41) is 16.7. The highest BCUT2D eigenvalue weighted by Gasteiger charge is 2.15. The summed E-state index contributed by atoms with van der Waals surface area (Å²) in [6.45, 7) is 2.03. The Morgan fingerprint density at radius 2 is 1.92 bits per heavy atom. The van der Waals surface area contributed by atoms with Crippen molar-refractivity contribution >= 4 is 5.78 Å². The second-order valence-corrected chi connectivity index (χ2v) is 5.90. The predicted molar refractivity (Wildman–Crippen MR) is 92.1 cm³/mol. The zero-order valence-electron chi connectivity index (χ0n) is 13.9. The molecule has 25 heavy (non-hydrogen) atoms. The number of nitriles is 1. The van der Waals surface area contributed by atoms with Crippen molar-refractivity contribution in [1.29, 1.82) is 5.26 Å². The van der Waals surface area contributed by atoms with Crippen LogP contribution in [0.25, 0.3) is 0 Å². The summed E-state index contributed by atoms with van der Waals surface area (Å²) in [6, 6.07) is 17.4. The van der Waals surface area contributed by atoms with Gasteiger partial charge in [-0.15, -0.1) is 10.2 Å². The second-order valence-electron chi connectivity index (χ2n) is 5.90. The van der Waals surface area contributed by atoms with Crippen molar-refractivity contribution in [3.63, 3.8) is 0 Å². The van der Waals surface area contributed by atoms with Gasteiger partial charge in [0.2, 0.25) is 11.7 Å². The largest absolute Gasteiger partial charge is 0.418 e. The molecule has 0 spiro atoms. The molecular formula is C20H17N3O2.